The van der Waals surface area contributed by atoms with Crippen molar-refractivity contribution in [2.45, 2.75) is 87.6 Å². The Labute approximate surface area is 317 Å². The number of Topliss-reactive ketones (excluding diaryl/α,β-unsaturated/α-hetero) is 1. The van der Waals surface area contributed by atoms with Gasteiger partial charge in [0.15, 0.2) is 40.3 Å². The Morgan fingerprint density at radius 3 is 2.54 bits per heavy atom. The molecular weight excluding hydrogens is 715 g/mol. The summed E-state index contributed by atoms with van der Waals surface area (Å²) in [5.41, 5.74) is 5.12. The largest absolute Gasteiger partial charge is 0.504 e. The zero-order valence-electron chi connectivity index (χ0n) is 31.1. The molecule has 0 amide bonds. The number of piperazine rings is 1. The third-order valence-corrected chi connectivity index (χ3v) is 14.1. The van der Waals surface area contributed by atoms with Gasteiger partial charge in [-0.25, -0.2) is 0 Å². The zero-order chi connectivity index (χ0) is 38.0. The van der Waals surface area contributed by atoms with Gasteiger partial charge < -0.3 is 44.3 Å². The number of nitrogens with one attached hydrogen (secondary N) is 1. The summed E-state index contributed by atoms with van der Waals surface area (Å²) in [5.74, 6) is 1.95. The second-order valence-electron chi connectivity index (χ2n) is 15.3. The van der Waals surface area contributed by atoms with Crippen molar-refractivity contribution in [2.75, 3.05) is 40.4 Å². The number of phenolic OH excluding ortho intramolecular Hbond substituents is 2. The lowest BCUT2D eigenvalue weighted by atomic mass is 9.71. The fourth-order valence-electron chi connectivity index (χ4n) is 10.4. The molecule has 0 aliphatic carbocycles. The van der Waals surface area contributed by atoms with Gasteiger partial charge in [0.1, 0.15) is 17.5 Å². The highest BCUT2D eigenvalue weighted by Gasteiger charge is 2.61. The number of esters is 1. The van der Waals surface area contributed by atoms with Crippen LogP contribution in [0.15, 0.2) is 18.2 Å². The number of aliphatic hydroxyl groups is 1. The minimum absolute atomic E-state index is 0.0116. The van der Waals surface area contributed by atoms with Crippen LogP contribution >= 0.6 is 11.8 Å². The molecule has 2 fully saturated rings. The fraction of sp³-hybridized carbons (Fsp3) is 0.500. The normalized spacial score (nSPS) is 29.6. The molecule has 1 spiro atoms. The second kappa shape index (κ2) is 12.7. The summed E-state index contributed by atoms with van der Waals surface area (Å²) in [6.07, 6.45) is 0.588. The number of aryl methyl sites for hydroxylation is 1. The lowest BCUT2D eigenvalue weighted by Gasteiger charge is -2.62. The molecule has 14 heteroatoms. The van der Waals surface area contributed by atoms with Crippen LogP contribution in [0, 0.1) is 13.8 Å². The van der Waals surface area contributed by atoms with Crippen molar-refractivity contribution in [3.63, 3.8) is 0 Å². The number of fused-ring (bicyclic) bond motifs is 9. The number of ether oxygens (including phenoxy) is 5. The first-order chi connectivity index (χ1) is 25.9. The van der Waals surface area contributed by atoms with Crippen LogP contribution in [0.1, 0.15) is 81.6 Å². The lowest BCUT2D eigenvalue weighted by Crippen LogP contribution is -2.69. The SMILES string of the molecule is COc1cc2c(cc1O)CCN[C@]21CS[C@H]2c3c(OC(C)=O)c(C)c4c(c3[C@H](CCC1=O)N1C2[C@H]2c3c(cc(C)c(OC)c3O)C[C@@H]([C@@H]1O)N2C)OCO4. The van der Waals surface area contributed by atoms with Crippen molar-refractivity contribution in [1.29, 1.82) is 0 Å². The highest BCUT2D eigenvalue weighted by Crippen LogP contribution is 2.65. The fourth-order valence-corrected chi connectivity index (χ4v) is 12.1. The van der Waals surface area contributed by atoms with E-state index in [0.717, 1.165) is 38.9 Å². The number of phenols is 2. The van der Waals surface area contributed by atoms with Crippen LogP contribution in [0.4, 0.5) is 0 Å². The first-order valence-corrected chi connectivity index (χ1v) is 19.5. The number of methoxy groups -OCH3 is 2. The van der Waals surface area contributed by atoms with E-state index in [1.165, 1.54) is 14.0 Å². The molecule has 13 nitrogen and oxygen atoms in total. The molecule has 1 unspecified atom stereocenters. The van der Waals surface area contributed by atoms with Crippen LogP contribution in [0.2, 0.25) is 0 Å². The molecule has 4 N–H and O–H groups in total. The van der Waals surface area contributed by atoms with Gasteiger partial charge in [-0.2, -0.15) is 0 Å². The van der Waals surface area contributed by atoms with Gasteiger partial charge in [-0.05, 0) is 74.5 Å². The maximum atomic E-state index is 14.9. The molecule has 7 heterocycles. The number of hydrogen-bond donors (Lipinski definition) is 4. The van der Waals surface area contributed by atoms with Crippen LogP contribution in [-0.2, 0) is 28.0 Å². The van der Waals surface area contributed by atoms with Gasteiger partial charge in [-0.1, -0.05) is 6.07 Å². The smallest absolute Gasteiger partial charge is 0.308 e. The number of nitrogens with zero attached hydrogens (tertiary/aromatic N) is 2. The Bertz CT molecular complexity index is 2130. The summed E-state index contributed by atoms with van der Waals surface area (Å²) < 4.78 is 29.7. The van der Waals surface area contributed by atoms with Crippen molar-refractivity contribution in [3.8, 4) is 40.2 Å². The predicted molar refractivity (Wildman–Crippen MR) is 198 cm³/mol. The van der Waals surface area contributed by atoms with E-state index in [1.54, 1.807) is 31.0 Å². The Morgan fingerprint density at radius 1 is 1.02 bits per heavy atom. The number of hydrogen-bond acceptors (Lipinski definition) is 14. The average molecular weight is 760 g/mol. The van der Waals surface area contributed by atoms with Gasteiger partial charge in [0.25, 0.3) is 0 Å². The zero-order valence-corrected chi connectivity index (χ0v) is 32.0. The van der Waals surface area contributed by atoms with Crippen LogP contribution in [0.3, 0.4) is 0 Å². The molecule has 0 aromatic heterocycles. The van der Waals surface area contributed by atoms with Crippen LogP contribution in [0.5, 0.6) is 40.2 Å². The Hall–Kier alpha value is -4.21. The molecule has 286 valence electrons. The lowest BCUT2D eigenvalue weighted by molar-refractivity contribution is -0.175. The molecular formula is C40H45N3O10S. The number of aliphatic hydroxyl groups excluding tert-OH is 1. The molecule has 7 aliphatic rings. The van der Waals surface area contributed by atoms with E-state index in [4.69, 9.17) is 23.7 Å². The third-order valence-electron chi connectivity index (χ3n) is 12.7. The van der Waals surface area contributed by atoms with E-state index in [0.29, 0.717) is 54.4 Å². The number of carbonyl (C=O) groups excluding carboxylic acids is 2. The van der Waals surface area contributed by atoms with Gasteiger partial charge in [0.2, 0.25) is 6.79 Å². The van der Waals surface area contributed by atoms with Crippen molar-refractivity contribution < 1.29 is 48.6 Å². The number of rotatable bonds is 3. The quantitative estimate of drug-likeness (QED) is 0.222. The Kier molecular flexibility index (Phi) is 8.33. The molecule has 2 saturated heterocycles. The second-order valence-corrected chi connectivity index (χ2v) is 16.4. The number of likely N-dealkylation sites (N-methyl/N-ethyl adjacent to an activating group) is 1. The first-order valence-electron chi connectivity index (χ1n) is 18.4. The number of thioether (sulfide) groups is 1. The molecule has 54 heavy (non-hydrogen) atoms. The summed E-state index contributed by atoms with van der Waals surface area (Å²) in [5, 5.41) is 38.5. The Morgan fingerprint density at radius 2 is 1.80 bits per heavy atom. The molecule has 7 aliphatic heterocycles. The van der Waals surface area contributed by atoms with Gasteiger partial charge in [0, 0.05) is 60.0 Å². The number of ketones is 1. The standard InChI is InChI=1S/C40H45N3O10S/c1-17-11-21-12-24-39(48)43-23-7-8-27(46)40(22-14-26(49-5)25(45)13-20(22)9-10-41-40)15-54-38(32(43)31(42(24)4)28(21)33(47)34(17)50-6)30-29(23)37-36(51-16-52-37)18(2)35(30)53-19(3)44/h11,13-14,23-24,31-32,38-39,41,45,47-48H,7-10,12,15-16H2,1-6H3/t23-,24-,31+,32?,38-,39-,40+/m0/s1. The minimum atomic E-state index is -1.14. The number of carbonyl (C=O) groups is 2. The van der Waals surface area contributed by atoms with Crippen LogP contribution < -0.4 is 29.0 Å². The van der Waals surface area contributed by atoms with Gasteiger partial charge in [-0.3, -0.25) is 19.4 Å². The molecule has 10 rings (SSSR count). The molecule has 3 aromatic rings. The molecule has 0 radical (unpaired) electrons. The predicted octanol–water partition coefficient (Wildman–Crippen LogP) is 4.22. The first kappa shape index (κ1) is 35.5. The number of aromatic hydroxyl groups is 2. The van der Waals surface area contributed by atoms with Crippen molar-refractivity contribution in [1.82, 2.24) is 15.1 Å². The average Bonchev–Trinajstić information content (AvgIpc) is 3.63. The summed E-state index contributed by atoms with van der Waals surface area (Å²) in [4.78, 5) is 32.1. The maximum absolute atomic E-state index is 14.9. The van der Waals surface area contributed by atoms with Crippen LogP contribution in [0.25, 0.3) is 0 Å². The summed E-state index contributed by atoms with van der Waals surface area (Å²) in [6, 6.07) is 3.71. The molecule has 7 atom stereocenters. The van der Waals surface area contributed by atoms with Gasteiger partial charge in [0.05, 0.1) is 31.6 Å². The van der Waals surface area contributed by atoms with E-state index < -0.39 is 41.1 Å². The van der Waals surface area contributed by atoms with Crippen LogP contribution in [-0.4, -0.2) is 95.5 Å². The van der Waals surface area contributed by atoms with Crippen molar-refractivity contribution in [3.05, 3.63) is 62.7 Å². The van der Waals surface area contributed by atoms with E-state index in [2.05, 4.69) is 21.2 Å². The molecule has 4 bridgehead atoms. The topological polar surface area (TPSA) is 159 Å². The molecule has 0 saturated carbocycles. The van der Waals surface area contributed by atoms with E-state index >= 15 is 0 Å². The summed E-state index contributed by atoms with van der Waals surface area (Å²) >= 11 is 1.55. The van der Waals surface area contributed by atoms with E-state index in [9.17, 15) is 24.9 Å². The third kappa shape index (κ3) is 4.79. The van der Waals surface area contributed by atoms with Crippen molar-refractivity contribution in [2.24, 2.45) is 0 Å². The van der Waals surface area contributed by atoms with E-state index in [-0.39, 0.29) is 48.0 Å². The highest BCUT2D eigenvalue weighted by atomic mass is 32.2. The molecule has 3 aromatic carbocycles. The monoisotopic (exact) mass is 759 g/mol. The maximum Gasteiger partial charge on any atom is 0.308 e. The summed E-state index contributed by atoms with van der Waals surface area (Å²) in [6.45, 7) is 5.64. The number of benzene rings is 3. The highest BCUT2D eigenvalue weighted by molar-refractivity contribution is 7.99. The Balaban J connectivity index is 1.32. The van der Waals surface area contributed by atoms with E-state index in [1.807, 2.05) is 20.9 Å². The minimum Gasteiger partial charge on any atom is -0.504 e. The van der Waals surface area contributed by atoms with Crippen molar-refractivity contribution >= 4 is 23.5 Å². The summed E-state index contributed by atoms with van der Waals surface area (Å²) in [7, 11) is 5.03. The van der Waals surface area contributed by atoms with Gasteiger partial charge >= 0.3 is 5.97 Å². The van der Waals surface area contributed by atoms with Gasteiger partial charge in [-0.15, -0.1) is 11.8 Å².